The molecule has 1 atom stereocenters. The third-order valence-corrected chi connectivity index (χ3v) is 10.1. The molecule has 1 aliphatic carbocycles. The molecule has 1 aliphatic rings. The molecule has 2 heterocycles. The van der Waals surface area contributed by atoms with E-state index in [0.29, 0.717) is 5.52 Å². The second-order valence-electron chi connectivity index (χ2n) is 11.3. The first-order valence-electron chi connectivity index (χ1n) is 13.6. The fraction of sp³-hybridized carbons (Fsp3) is 0.333. The summed E-state index contributed by atoms with van der Waals surface area (Å²) < 4.78 is 14.4. The van der Waals surface area contributed by atoms with Crippen LogP contribution in [0.15, 0.2) is 66.7 Å². The van der Waals surface area contributed by atoms with Crippen molar-refractivity contribution in [3.63, 3.8) is 0 Å². The summed E-state index contributed by atoms with van der Waals surface area (Å²) in [6, 6.07) is 21.8. The van der Waals surface area contributed by atoms with Crippen molar-refractivity contribution in [3.05, 3.63) is 99.8 Å². The summed E-state index contributed by atoms with van der Waals surface area (Å²) in [5.41, 5.74) is 4.74. The molecule has 40 heavy (non-hydrogen) atoms. The van der Waals surface area contributed by atoms with Crippen molar-refractivity contribution in [2.24, 2.45) is 5.41 Å². The molecule has 4 aromatic rings. The fourth-order valence-corrected chi connectivity index (χ4v) is 7.46. The first-order valence-corrected chi connectivity index (χ1v) is 15.5. The first-order chi connectivity index (χ1) is 19.1. The molecule has 208 valence electrons. The summed E-state index contributed by atoms with van der Waals surface area (Å²) in [7, 11) is 0. The number of halogens is 1. The Morgan fingerprint density at radius 3 is 2.67 bits per heavy atom. The lowest BCUT2D eigenvalue weighted by molar-refractivity contribution is -0.138. The largest absolute Gasteiger partial charge is 0.481 e. The highest BCUT2D eigenvalue weighted by Gasteiger charge is 2.44. The Labute approximate surface area is 243 Å². The highest BCUT2D eigenvalue weighted by atomic mass is 32.2. The maximum atomic E-state index is 13.6. The monoisotopic (exact) mass is 575 g/mol. The number of hydrogen-bond acceptors (Lipinski definition) is 5. The molecule has 5 rings (SSSR count). The highest BCUT2D eigenvalue weighted by Crippen LogP contribution is 2.53. The lowest BCUT2D eigenvalue weighted by Gasteiger charge is -2.24. The van der Waals surface area contributed by atoms with Gasteiger partial charge in [-0.25, -0.2) is 4.98 Å². The van der Waals surface area contributed by atoms with Crippen LogP contribution >= 0.6 is 23.1 Å². The number of aliphatic carboxylic acids is 1. The maximum Gasteiger partial charge on any atom is 0.303 e. The predicted molar refractivity (Wildman–Crippen MR) is 164 cm³/mol. The number of aliphatic hydroxyl groups is 1. The quantitative estimate of drug-likeness (QED) is 0.177. The molecular formula is C33H34FNO3S2. The van der Waals surface area contributed by atoms with E-state index in [4.69, 9.17) is 0 Å². The van der Waals surface area contributed by atoms with Gasteiger partial charge in [-0.15, -0.1) is 11.3 Å². The SMILES string of the molecule is CC(C)(O)c1ccccc1CCC(SCC1(CC(=O)O)CC1)c1cccc(C=Cc2ccc3sc(F)cc3n2)c1. The second-order valence-corrected chi connectivity index (χ2v) is 13.5. The summed E-state index contributed by atoms with van der Waals surface area (Å²) in [6.07, 6.45) is 7.81. The number of thiophene rings is 1. The van der Waals surface area contributed by atoms with Gasteiger partial charge in [-0.1, -0.05) is 54.6 Å². The van der Waals surface area contributed by atoms with Gasteiger partial charge in [0.25, 0.3) is 0 Å². The summed E-state index contributed by atoms with van der Waals surface area (Å²) in [6.45, 7) is 3.64. The molecule has 2 N–H and O–H groups in total. The number of thioether (sulfide) groups is 1. The molecule has 7 heteroatoms. The minimum atomic E-state index is -0.921. The van der Waals surface area contributed by atoms with E-state index in [-0.39, 0.29) is 22.2 Å². The average Bonchev–Trinajstić information content (AvgIpc) is 3.56. The van der Waals surface area contributed by atoms with Crippen LogP contribution in [0, 0.1) is 10.5 Å². The molecule has 2 aromatic carbocycles. The number of aryl methyl sites for hydroxylation is 1. The Hall–Kier alpha value is -3.00. The number of benzene rings is 2. The molecule has 0 bridgehead atoms. The van der Waals surface area contributed by atoms with Crippen molar-refractivity contribution < 1.29 is 19.4 Å². The van der Waals surface area contributed by atoms with Crippen molar-refractivity contribution in [1.82, 2.24) is 4.98 Å². The van der Waals surface area contributed by atoms with Gasteiger partial charge in [-0.3, -0.25) is 4.79 Å². The van der Waals surface area contributed by atoms with E-state index in [1.54, 1.807) is 0 Å². The van der Waals surface area contributed by atoms with E-state index >= 15 is 0 Å². The van der Waals surface area contributed by atoms with Crippen LogP contribution in [-0.4, -0.2) is 26.9 Å². The molecule has 0 aliphatic heterocycles. The van der Waals surface area contributed by atoms with Gasteiger partial charge >= 0.3 is 5.97 Å². The first kappa shape index (κ1) is 28.5. The molecule has 1 fully saturated rings. The normalized spacial score (nSPS) is 15.5. The van der Waals surface area contributed by atoms with E-state index in [9.17, 15) is 19.4 Å². The molecule has 1 saturated carbocycles. The standard InChI is InChI=1S/C33H34FNO3S2/c1-32(2,38)26-9-4-3-7-23(26)11-14-28(39-21-33(16-17-33)20-31(36)37)24-8-5-6-22(18-24)10-12-25-13-15-29-27(35-25)19-30(34)40-29/h3-10,12-13,15,18-19,28,38H,11,14,16-17,20-21H2,1-2H3,(H,36,37). The zero-order valence-corrected chi connectivity index (χ0v) is 24.4. The number of carboxylic acids is 1. The van der Waals surface area contributed by atoms with Gasteiger partial charge in [0.05, 0.1) is 27.9 Å². The number of carboxylic acid groups (broad SMARTS) is 1. The molecule has 4 nitrogen and oxygen atoms in total. The number of nitrogens with zero attached hydrogens (tertiary/aromatic N) is 1. The Balaban J connectivity index is 1.37. The van der Waals surface area contributed by atoms with Gasteiger partial charge in [0.15, 0.2) is 5.13 Å². The number of aromatic nitrogens is 1. The van der Waals surface area contributed by atoms with Crippen LogP contribution in [-0.2, 0) is 16.8 Å². The molecule has 0 saturated heterocycles. The van der Waals surface area contributed by atoms with E-state index in [1.165, 1.54) is 11.6 Å². The van der Waals surface area contributed by atoms with Crippen LogP contribution in [0.5, 0.6) is 0 Å². The van der Waals surface area contributed by atoms with Crippen LogP contribution in [0.1, 0.15) is 72.7 Å². The number of fused-ring (bicyclic) bond motifs is 1. The molecule has 0 radical (unpaired) electrons. The van der Waals surface area contributed by atoms with Crippen molar-refractivity contribution in [3.8, 4) is 0 Å². The third-order valence-electron chi connectivity index (χ3n) is 7.52. The molecule has 0 amide bonds. The number of hydrogen-bond donors (Lipinski definition) is 2. The Kier molecular flexibility index (Phi) is 8.45. The highest BCUT2D eigenvalue weighted by molar-refractivity contribution is 7.99. The summed E-state index contributed by atoms with van der Waals surface area (Å²) >= 11 is 2.95. The van der Waals surface area contributed by atoms with E-state index in [2.05, 4.69) is 35.3 Å². The van der Waals surface area contributed by atoms with Crippen molar-refractivity contribution in [2.45, 2.75) is 56.8 Å². The van der Waals surface area contributed by atoms with Gasteiger partial charge in [0.1, 0.15) is 0 Å². The fourth-order valence-electron chi connectivity index (χ4n) is 5.16. The van der Waals surface area contributed by atoms with Crippen LogP contribution in [0.25, 0.3) is 22.4 Å². The van der Waals surface area contributed by atoms with Gasteiger partial charge in [-0.05, 0) is 85.4 Å². The Morgan fingerprint density at radius 2 is 1.93 bits per heavy atom. The lowest BCUT2D eigenvalue weighted by atomic mass is 9.90. The molecule has 0 spiro atoms. The lowest BCUT2D eigenvalue weighted by Crippen LogP contribution is -2.18. The van der Waals surface area contributed by atoms with Gasteiger partial charge in [0.2, 0.25) is 0 Å². The smallest absolute Gasteiger partial charge is 0.303 e. The van der Waals surface area contributed by atoms with Crippen LogP contribution in [0.4, 0.5) is 4.39 Å². The van der Waals surface area contributed by atoms with Crippen LogP contribution in [0.2, 0.25) is 0 Å². The summed E-state index contributed by atoms with van der Waals surface area (Å²) in [5, 5.41) is 20.1. The Bertz CT molecular complexity index is 1530. The van der Waals surface area contributed by atoms with E-state index < -0.39 is 11.6 Å². The average molecular weight is 576 g/mol. The van der Waals surface area contributed by atoms with Gasteiger partial charge in [-0.2, -0.15) is 16.2 Å². The molecular weight excluding hydrogens is 541 g/mol. The van der Waals surface area contributed by atoms with Crippen molar-refractivity contribution in [2.75, 3.05) is 5.75 Å². The second kappa shape index (κ2) is 11.9. The minimum Gasteiger partial charge on any atom is -0.481 e. The third kappa shape index (κ3) is 7.19. The summed E-state index contributed by atoms with van der Waals surface area (Å²) in [5.74, 6) is 0.0936. The predicted octanol–water partition coefficient (Wildman–Crippen LogP) is 8.50. The number of rotatable bonds is 12. The van der Waals surface area contributed by atoms with Crippen LogP contribution < -0.4 is 0 Å². The maximum absolute atomic E-state index is 13.6. The topological polar surface area (TPSA) is 70.4 Å². The molecule has 1 unspecified atom stereocenters. The Morgan fingerprint density at radius 1 is 1.12 bits per heavy atom. The summed E-state index contributed by atoms with van der Waals surface area (Å²) in [4.78, 5) is 16.0. The number of carbonyl (C=O) groups is 1. The zero-order valence-electron chi connectivity index (χ0n) is 22.8. The van der Waals surface area contributed by atoms with Gasteiger partial charge in [0, 0.05) is 17.1 Å². The van der Waals surface area contributed by atoms with E-state index in [1.807, 2.05) is 68.1 Å². The van der Waals surface area contributed by atoms with Crippen LogP contribution in [0.3, 0.4) is 0 Å². The zero-order chi connectivity index (χ0) is 28.3. The molecule has 2 aromatic heterocycles. The van der Waals surface area contributed by atoms with Crippen molar-refractivity contribution in [1.29, 1.82) is 0 Å². The number of pyridine rings is 1. The van der Waals surface area contributed by atoms with Crippen molar-refractivity contribution >= 4 is 51.4 Å². The minimum absolute atomic E-state index is 0.0945. The van der Waals surface area contributed by atoms with E-state index in [0.717, 1.165) is 69.9 Å². The van der Waals surface area contributed by atoms with Gasteiger partial charge < -0.3 is 10.2 Å².